The quantitative estimate of drug-likeness (QED) is 0.703. The fraction of sp³-hybridized carbons (Fsp3) is 0.385. The molecular formula is C13H15BrIN3O. The fourth-order valence-corrected chi connectivity index (χ4v) is 2.82. The molecule has 4 nitrogen and oxygen atoms in total. The molecule has 0 spiro atoms. The number of aryl methyl sites for hydroxylation is 1. The number of nitrogens with one attached hydrogen (secondary N) is 1. The van der Waals surface area contributed by atoms with E-state index in [9.17, 15) is 0 Å². The molecule has 0 fully saturated rings. The highest BCUT2D eigenvalue weighted by molar-refractivity contribution is 14.1. The number of nitrogens with zero attached hydrogens (tertiary/aromatic N) is 2. The second kappa shape index (κ2) is 6.69. The Bertz CT molecular complexity index is 544. The summed E-state index contributed by atoms with van der Waals surface area (Å²) >= 11 is 5.75. The van der Waals surface area contributed by atoms with E-state index in [1.54, 1.807) is 6.26 Å². The van der Waals surface area contributed by atoms with Crippen LogP contribution in [0.5, 0.6) is 0 Å². The molecule has 0 aliphatic carbocycles. The predicted octanol–water partition coefficient (Wildman–Crippen LogP) is 4.49. The SMILES string of the molecule is CCCc1nc(-c2occc2Br)nc(NCC)c1I. The zero-order chi connectivity index (χ0) is 13.8. The molecule has 0 saturated heterocycles. The van der Waals surface area contributed by atoms with Gasteiger partial charge in [0.05, 0.1) is 20.0 Å². The van der Waals surface area contributed by atoms with Crippen molar-refractivity contribution in [3.05, 3.63) is 26.1 Å². The van der Waals surface area contributed by atoms with E-state index in [4.69, 9.17) is 4.42 Å². The molecule has 2 heterocycles. The van der Waals surface area contributed by atoms with E-state index in [-0.39, 0.29) is 0 Å². The van der Waals surface area contributed by atoms with Crippen molar-refractivity contribution in [3.63, 3.8) is 0 Å². The summed E-state index contributed by atoms with van der Waals surface area (Å²) in [5.74, 6) is 2.17. The lowest BCUT2D eigenvalue weighted by atomic mass is 10.2. The largest absolute Gasteiger partial charge is 0.460 e. The lowest BCUT2D eigenvalue weighted by Gasteiger charge is -2.11. The summed E-state index contributed by atoms with van der Waals surface area (Å²) in [5.41, 5.74) is 1.06. The van der Waals surface area contributed by atoms with E-state index in [0.717, 1.165) is 38.9 Å². The minimum Gasteiger partial charge on any atom is -0.460 e. The van der Waals surface area contributed by atoms with Gasteiger partial charge in [-0.15, -0.1) is 0 Å². The van der Waals surface area contributed by atoms with Crippen molar-refractivity contribution in [2.24, 2.45) is 0 Å². The number of rotatable bonds is 5. The third-order valence-corrected chi connectivity index (χ3v) is 4.33. The Balaban J connectivity index is 2.52. The van der Waals surface area contributed by atoms with Gasteiger partial charge in [0.15, 0.2) is 11.6 Å². The summed E-state index contributed by atoms with van der Waals surface area (Å²) in [6, 6.07) is 1.85. The summed E-state index contributed by atoms with van der Waals surface area (Å²) < 4.78 is 7.42. The van der Waals surface area contributed by atoms with Crippen LogP contribution in [0.1, 0.15) is 26.0 Å². The lowest BCUT2D eigenvalue weighted by Crippen LogP contribution is -2.08. The molecule has 0 atom stereocenters. The van der Waals surface area contributed by atoms with Gasteiger partial charge in [-0.2, -0.15) is 0 Å². The van der Waals surface area contributed by atoms with Crippen molar-refractivity contribution in [3.8, 4) is 11.6 Å². The molecular weight excluding hydrogens is 421 g/mol. The smallest absolute Gasteiger partial charge is 0.199 e. The molecule has 102 valence electrons. The van der Waals surface area contributed by atoms with Crippen molar-refractivity contribution in [2.75, 3.05) is 11.9 Å². The monoisotopic (exact) mass is 435 g/mol. The number of halogens is 2. The number of hydrogen-bond acceptors (Lipinski definition) is 4. The third kappa shape index (κ3) is 3.28. The Hall–Kier alpha value is -0.630. The van der Waals surface area contributed by atoms with E-state index in [1.165, 1.54) is 0 Å². The van der Waals surface area contributed by atoms with Gasteiger partial charge in [-0.3, -0.25) is 0 Å². The van der Waals surface area contributed by atoms with Crippen LogP contribution in [-0.2, 0) is 6.42 Å². The molecule has 2 aromatic rings. The highest BCUT2D eigenvalue weighted by Crippen LogP contribution is 2.30. The highest BCUT2D eigenvalue weighted by Gasteiger charge is 2.16. The Morgan fingerprint density at radius 3 is 2.74 bits per heavy atom. The molecule has 19 heavy (non-hydrogen) atoms. The van der Waals surface area contributed by atoms with E-state index in [1.807, 2.05) is 6.07 Å². The number of furan rings is 1. The maximum absolute atomic E-state index is 5.45. The topological polar surface area (TPSA) is 51.0 Å². The van der Waals surface area contributed by atoms with Gasteiger partial charge in [-0.25, -0.2) is 9.97 Å². The van der Waals surface area contributed by atoms with Crippen LogP contribution < -0.4 is 5.32 Å². The first-order chi connectivity index (χ1) is 9.17. The minimum absolute atomic E-state index is 0.622. The number of aromatic nitrogens is 2. The predicted molar refractivity (Wildman–Crippen MR) is 88.3 cm³/mol. The second-order valence-electron chi connectivity index (χ2n) is 4.03. The molecule has 0 radical (unpaired) electrons. The van der Waals surface area contributed by atoms with E-state index < -0.39 is 0 Å². The molecule has 0 saturated carbocycles. The van der Waals surface area contributed by atoms with Crippen LogP contribution >= 0.6 is 38.5 Å². The first-order valence-electron chi connectivity index (χ1n) is 6.21. The highest BCUT2D eigenvalue weighted by atomic mass is 127. The van der Waals surface area contributed by atoms with Crippen LogP contribution in [0.2, 0.25) is 0 Å². The van der Waals surface area contributed by atoms with Crippen molar-refractivity contribution in [2.45, 2.75) is 26.7 Å². The molecule has 0 aliphatic rings. The van der Waals surface area contributed by atoms with Crippen LogP contribution in [0.3, 0.4) is 0 Å². The summed E-state index contributed by atoms with van der Waals surface area (Å²) in [5, 5.41) is 3.28. The maximum Gasteiger partial charge on any atom is 0.199 e. The van der Waals surface area contributed by atoms with Gasteiger partial charge in [0.1, 0.15) is 5.82 Å². The Kier molecular flexibility index (Phi) is 5.20. The van der Waals surface area contributed by atoms with Crippen LogP contribution in [0, 0.1) is 3.57 Å². The first kappa shape index (κ1) is 14.8. The molecule has 0 bridgehead atoms. The fourth-order valence-electron chi connectivity index (χ4n) is 1.74. The Morgan fingerprint density at radius 1 is 1.37 bits per heavy atom. The number of hydrogen-bond donors (Lipinski definition) is 1. The maximum atomic E-state index is 5.45. The third-order valence-electron chi connectivity index (χ3n) is 2.57. The van der Waals surface area contributed by atoms with Gasteiger partial charge in [0, 0.05) is 6.54 Å². The Labute approximate surface area is 134 Å². The zero-order valence-corrected chi connectivity index (χ0v) is 14.6. The zero-order valence-electron chi connectivity index (χ0n) is 10.8. The number of anilines is 1. The van der Waals surface area contributed by atoms with Crippen molar-refractivity contribution >= 4 is 44.3 Å². The van der Waals surface area contributed by atoms with Crippen molar-refractivity contribution in [1.82, 2.24) is 9.97 Å². The van der Waals surface area contributed by atoms with Crippen LogP contribution in [0.4, 0.5) is 5.82 Å². The molecule has 0 aromatic carbocycles. The summed E-state index contributed by atoms with van der Waals surface area (Å²) in [7, 11) is 0. The Morgan fingerprint density at radius 2 is 2.16 bits per heavy atom. The molecule has 1 N–H and O–H groups in total. The van der Waals surface area contributed by atoms with Gasteiger partial charge < -0.3 is 9.73 Å². The van der Waals surface area contributed by atoms with Gasteiger partial charge in [-0.05, 0) is 57.9 Å². The molecule has 0 aliphatic heterocycles. The van der Waals surface area contributed by atoms with Crippen molar-refractivity contribution < 1.29 is 4.42 Å². The molecule has 0 amide bonds. The normalized spacial score (nSPS) is 10.7. The molecule has 6 heteroatoms. The van der Waals surface area contributed by atoms with Gasteiger partial charge >= 0.3 is 0 Å². The summed E-state index contributed by atoms with van der Waals surface area (Å²) in [6.45, 7) is 5.03. The first-order valence-corrected chi connectivity index (χ1v) is 8.08. The average Bonchev–Trinajstić information content (AvgIpc) is 2.81. The van der Waals surface area contributed by atoms with Crippen LogP contribution in [0.25, 0.3) is 11.6 Å². The summed E-state index contributed by atoms with van der Waals surface area (Å²) in [4.78, 5) is 9.18. The van der Waals surface area contributed by atoms with Gasteiger partial charge in [0.2, 0.25) is 0 Å². The van der Waals surface area contributed by atoms with E-state index in [2.05, 4.69) is 67.7 Å². The van der Waals surface area contributed by atoms with Gasteiger partial charge in [-0.1, -0.05) is 13.3 Å². The summed E-state index contributed by atoms with van der Waals surface area (Å²) in [6.07, 6.45) is 3.62. The standard InChI is InChI=1S/C13H15BrIN3O/c1-3-5-9-10(15)12(16-4-2)18-13(17-9)11-8(14)6-7-19-11/h6-7H,3-5H2,1-2H3,(H,16,17,18). The van der Waals surface area contributed by atoms with Gasteiger partial charge in [0.25, 0.3) is 0 Å². The average molecular weight is 436 g/mol. The minimum atomic E-state index is 0.622. The van der Waals surface area contributed by atoms with Crippen LogP contribution in [0.15, 0.2) is 21.2 Å². The molecule has 2 rings (SSSR count). The van der Waals surface area contributed by atoms with E-state index >= 15 is 0 Å². The molecule has 0 unspecified atom stereocenters. The molecule has 2 aromatic heterocycles. The lowest BCUT2D eigenvalue weighted by molar-refractivity contribution is 0.575. The van der Waals surface area contributed by atoms with Crippen LogP contribution in [-0.4, -0.2) is 16.5 Å². The van der Waals surface area contributed by atoms with Crippen molar-refractivity contribution in [1.29, 1.82) is 0 Å². The second-order valence-corrected chi connectivity index (χ2v) is 5.97. The van der Waals surface area contributed by atoms with E-state index in [0.29, 0.717) is 11.6 Å².